The number of benzene rings is 1. The Morgan fingerprint density at radius 2 is 1.54 bits per heavy atom. The molecule has 24 heavy (non-hydrogen) atoms. The van der Waals surface area contributed by atoms with Crippen LogP contribution in [0.5, 0.6) is 0 Å². The average molecular weight is 337 g/mol. The summed E-state index contributed by atoms with van der Waals surface area (Å²) in [6, 6.07) is 8.45. The molecule has 0 aliphatic rings. The van der Waals surface area contributed by atoms with Crippen molar-refractivity contribution in [3.8, 4) is 0 Å². The molecule has 136 valence electrons. The number of amides is 1. The number of halogens is 1. The van der Waals surface area contributed by atoms with Gasteiger partial charge >= 0.3 is 0 Å². The summed E-state index contributed by atoms with van der Waals surface area (Å²) in [4.78, 5) is 11.0. The van der Waals surface area contributed by atoms with Crippen LogP contribution < -0.4 is 5.32 Å². The highest BCUT2D eigenvalue weighted by Crippen LogP contribution is 2.12. The number of unbranched alkanes of at least 4 members (excludes halogenated alkanes) is 5. The van der Waals surface area contributed by atoms with Crippen LogP contribution in [0.1, 0.15) is 63.0 Å². The molecule has 0 radical (unpaired) electrons. The zero-order chi connectivity index (χ0) is 17.6. The van der Waals surface area contributed by atoms with Crippen molar-refractivity contribution in [2.45, 2.75) is 70.8 Å². The number of aryl methyl sites for hydroxylation is 2. The number of rotatable bonds is 13. The fourth-order valence-corrected chi connectivity index (χ4v) is 2.84. The fourth-order valence-electron chi connectivity index (χ4n) is 2.84. The lowest BCUT2D eigenvalue weighted by Gasteiger charge is -2.15. The summed E-state index contributed by atoms with van der Waals surface area (Å²) in [5.74, 6) is -0.103. The summed E-state index contributed by atoms with van der Waals surface area (Å²) in [5, 5.41) is 12.0. The van der Waals surface area contributed by atoms with Crippen molar-refractivity contribution in [2.75, 3.05) is 13.3 Å². The molecule has 0 fully saturated rings. The molecule has 0 saturated carbocycles. The molecular weight excluding hydrogens is 305 g/mol. The molecule has 3 nitrogen and oxygen atoms in total. The summed E-state index contributed by atoms with van der Waals surface area (Å²) in [5.41, 5.74) is 2.58. The molecule has 0 saturated heterocycles. The minimum Gasteiger partial charge on any atom is -0.394 e. The zero-order valence-electron chi connectivity index (χ0n) is 14.9. The third-order valence-electron chi connectivity index (χ3n) is 4.28. The van der Waals surface area contributed by atoms with Gasteiger partial charge in [-0.15, -0.1) is 0 Å². The second kappa shape index (κ2) is 12.9. The van der Waals surface area contributed by atoms with E-state index in [1.165, 1.54) is 37.3 Å². The van der Waals surface area contributed by atoms with Crippen LogP contribution in [0.4, 0.5) is 4.39 Å². The summed E-state index contributed by atoms with van der Waals surface area (Å²) < 4.78 is 12.0. The number of hydrogen-bond acceptors (Lipinski definition) is 2. The van der Waals surface area contributed by atoms with Crippen molar-refractivity contribution >= 4 is 5.91 Å². The van der Waals surface area contributed by atoms with Crippen LogP contribution in [0.3, 0.4) is 0 Å². The van der Waals surface area contributed by atoms with Gasteiger partial charge in [-0.25, -0.2) is 0 Å². The summed E-state index contributed by atoms with van der Waals surface area (Å²) in [6.45, 7) is 1.26. The van der Waals surface area contributed by atoms with Crippen LogP contribution in [0, 0.1) is 0 Å². The number of carbonyl (C=O) groups excluding carboxylic acids is 1. The van der Waals surface area contributed by atoms with Crippen LogP contribution in [-0.2, 0) is 17.6 Å². The molecule has 0 spiro atoms. The third-order valence-corrected chi connectivity index (χ3v) is 4.28. The lowest BCUT2D eigenvalue weighted by atomic mass is 10.0. The first-order valence-corrected chi connectivity index (χ1v) is 9.17. The molecule has 0 aromatic heterocycles. The van der Waals surface area contributed by atoms with Crippen LogP contribution in [0.15, 0.2) is 24.3 Å². The van der Waals surface area contributed by atoms with Gasteiger partial charge in [0.2, 0.25) is 5.91 Å². The highest BCUT2D eigenvalue weighted by Gasteiger charge is 2.08. The first-order valence-electron chi connectivity index (χ1n) is 9.17. The second-order valence-electron chi connectivity index (χ2n) is 6.50. The van der Waals surface area contributed by atoms with Gasteiger partial charge in [-0.3, -0.25) is 9.18 Å². The van der Waals surface area contributed by atoms with E-state index in [1.807, 2.05) is 0 Å². The Morgan fingerprint density at radius 3 is 2.08 bits per heavy atom. The number of aliphatic hydroxyl groups is 1. The van der Waals surface area contributed by atoms with Gasteiger partial charge in [0.1, 0.15) is 0 Å². The minimum atomic E-state index is -0.184. The molecule has 1 atom stereocenters. The molecule has 4 heteroatoms. The van der Waals surface area contributed by atoms with Crippen molar-refractivity contribution in [3.63, 3.8) is 0 Å². The van der Waals surface area contributed by atoms with E-state index >= 15 is 0 Å². The molecule has 1 unspecified atom stereocenters. The lowest BCUT2D eigenvalue weighted by molar-refractivity contribution is -0.120. The van der Waals surface area contributed by atoms with Crippen LogP contribution >= 0.6 is 0 Å². The predicted octanol–water partition coefficient (Wildman–Crippen LogP) is 3.97. The van der Waals surface area contributed by atoms with Gasteiger partial charge in [0.15, 0.2) is 0 Å². The minimum absolute atomic E-state index is 0.0248. The van der Waals surface area contributed by atoms with E-state index in [-0.39, 0.29) is 25.2 Å². The van der Waals surface area contributed by atoms with E-state index in [0.717, 1.165) is 32.1 Å². The van der Waals surface area contributed by atoms with E-state index in [1.54, 1.807) is 0 Å². The lowest BCUT2D eigenvalue weighted by Crippen LogP contribution is -2.36. The second-order valence-corrected chi connectivity index (χ2v) is 6.50. The van der Waals surface area contributed by atoms with Gasteiger partial charge in [-0.05, 0) is 43.2 Å². The number of nitrogens with one attached hydrogen (secondary N) is 1. The molecule has 2 N–H and O–H groups in total. The van der Waals surface area contributed by atoms with E-state index < -0.39 is 0 Å². The molecule has 1 rings (SSSR count). The van der Waals surface area contributed by atoms with Gasteiger partial charge in [-0.1, -0.05) is 49.9 Å². The largest absolute Gasteiger partial charge is 0.394 e. The third kappa shape index (κ3) is 9.66. The first kappa shape index (κ1) is 20.6. The van der Waals surface area contributed by atoms with Crippen LogP contribution in [-0.4, -0.2) is 30.3 Å². The van der Waals surface area contributed by atoms with Crippen LogP contribution in [0.2, 0.25) is 0 Å². The highest BCUT2D eigenvalue weighted by atomic mass is 19.1. The smallest absolute Gasteiger partial charge is 0.217 e. The predicted molar refractivity (Wildman–Crippen MR) is 96.8 cm³/mol. The summed E-state index contributed by atoms with van der Waals surface area (Å²) >= 11 is 0. The topological polar surface area (TPSA) is 49.3 Å². The van der Waals surface area contributed by atoms with E-state index in [4.69, 9.17) is 0 Å². The number of alkyl halides is 1. The SMILES string of the molecule is CC(=O)NC(CO)CCc1ccc(CCCCCCCCF)cc1. The standard InChI is InChI=1S/C20H32FNO2/c1-17(24)22-20(16-23)14-13-19-11-9-18(10-12-19)8-6-4-2-3-5-7-15-21/h9-12,20,23H,2-8,13-16H2,1H3,(H,22,24). The Kier molecular flexibility index (Phi) is 11.1. The van der Waals surface area contributed by atoms with Gasteiger partial charge in [0.05, 0.1) is 19.3 Å². The molecule has 1 aromatic rings. The average Bonchev–Trinajstić information content (AvgIpc) is 2.58. The van der Waals surface area contributed by atoms with Gasteiger partial charge in [0, 0.05) is 6.92 Å². The maximum atomic E-state index is 12.0. The quantitative estimate of drug-likeness (QED) is 0.535. The summed E-state index contributed by atoms with van der Waals surface area (Å²) in [6.07, 6.45) is 9.14. The molecule has 0 heterocycles. The maximum Gasteiger partial charge on any atom is 0.217 e. The molecule has 1 aromatic carbocycles. The first-order chi connectivity index (χ1) is 11.7. The Balaban J connectivity index is 2.21. The molecule has 0 aliphatic carbocycles. The Morgan fingerprint density at radius 1 is 1.00 bits per heavy atom. The van der Waals surface area contributed by atoms with Crippen molar-refractivity contribution < 1.29 is 14.3 Å². The maximum absolute atomic E-state index is 12.0. The van der Waals surface area contributed by atoms with Crippen molar-refractivity contribution in [3.05, 3.63) is 35.4 Å². The van der Waals surface area contributed by atoms with Crippen molar-refractivity contribution in [1.29, 1.82) is 0 Å². The van der Waals surface area contributed by atoms with E-state index in [0.29, 0.717) is 6.42 Å². The van der Waals surface area contributed by atoms with Crippen molar-refractivity contribution in [2.24, 2.45) is 0 Å². The Hall–Kier alpha value is -1.42. The molecule has 1 amide bonds. The van der Waals surface area contributed by atoms with E-state index in [2.05, 4.69) is 29.6 Å². The normalized spacial score (nSPS) is 12.1. The number of hydrogen-bond donors (Lipinski definition) is 2. The highest BCUT2D eigenvalue weighted by molar-refractivity contribution is 5.73. The summed E-state index contributed by atoms with van der Waals surface area (Å²) in [7, 11) is 0. The van der Waals surface area contributed by atoms with E-state index in [9.17, 15) is 14.3 Å². The fraction of sp³-hybridized carbons (Fsp3) is 0.650. The molecular formula is C20H32FNO2. The Bertz CT molecular complexity index is 447. The number of aliphatic hydroxyl groups excluding tert-OH is 1. The molecule has 0 bridgehead atoms. The Labute approximate surface area is 145 Å². The molecule has 0 aliphatic heterocycles. The van der Waals surface area contributed by atoms with Gasteiger partial charge in [0.25, 0.3) is 0 Å². The van der Waals surface area contributed by atoms with Crippen molar-refractivity contribution in [1.82, 2.24) is 5.32 Å². The van der Waals surface area contributed by atoms with Gasteiger partial charge < -0.3 is 10.4 Å². The van der Waals surface area contributed by atoms with Crippen LogP contribution in [0.25, 0.3) is 0 Å². The monoisotopic (exact) mass is 337 g/mol. The number of carbonyl (C=O) groups is 1. The zero-order valence-corrected chi connectivity index (χ0v) is 14.9. The van der Waals surface area contributed by atoms with Gasteiger partial charge in [-0.2, -0.15) is 0 Å².